The van der Waals surface area contributed by atoms with E-state index in [1.165, 1.54) is 17.4 Å². The van der Waals surface area contributed by atoms with E-state index in [1.807, 2.05) is 24.5 Å². The second-order valence-electron chi connectivity index (χ2n) is 7.14. The van der Waals surface area contributed by atoms with Crippen molar-refractivity contribution < 1.29 is 0 Å². The molecule has 2 aromatic heterocycles. The molecule has 0 bridgehead atoms. The molecular weight excluding hydrogens is 610 g/mol. The minimum absolute atomic E-state index is 0.115. The number of halogens is 2. The average Bonchev–Trinajstić information content (AvgIpc) is 3.49. The predicted molar refractivity (Wildman–Crippen MR) is 142 cm³/mol. The zero-order valence-electron chi connectivity index (χ0n) is 16.4. The highest BCUT2D eigenvalue weighted by atomic mass is 127. The molecule has 0 unspecified atom stereocenters. The Balaban J connectivity index is 1.53. The molecule has 0 aliphatic carbocycles. The first kappa shape index (κ1) is 19.2. The molecule has 2 aromatic carbocycles. The number of alkyl halides is 1. The van der Waals surface area contributed by atoms with Crippen LogP contribution in [-0.4, -0.2) is 14.4 Å². The van der Waals surface area contributed by atoms with Crippen LogP contribution in [-0.2, 0) is 0 Å². The fraction of sp³-hybridized carbons (Fsp3) is 0.0400. The lowest BCUT2D eigenvalue weighted by molar-refractivity contribution is 1.13. The summed E-state index contributed by atoms with van der Waals surface area (Å²) in [6, 6.07) is 21.4. The smallest absolute Gasteiger partial charge is 0.0948 e. The summed E-state index contributed by atoms with van der Waals surface area (Å²) in [6.07, 6.45) is 6.24. The van der Waals surface area contributed by atoms with E-state index in [0.717, 1.165) is 37.9 Å². The van der Waals surface area contributed by atoms with E-state index in [9.17, 15) is 0 Å². The zero-order valence-corrected chi connectivity index (χ0v) is 20.8. The molecule has 0 spiro atoms. The van der Waals surface area contributed by atoms with Crippen LogP contribution in [0, 0.1) is 6.31 Å². The predicted octanol–water partition coefficient (Wildman–Crippen LogP) is 5.81. The van der Waals surface area contributed by atoms with E-state index in [4.69, 9.17) is 9.98 Å². The van der Waals surface area contributed by atoms with Crippen LogP contribution in [0.25, 0.3) is 22.5 Å². The molecule has 0 atom stereocenters. The van der Waals surface area contributed by atoms with Gasteiger partial charge >= 0.3 is 0 Å². The number of para-hydroxylation sites is 2. The summed E-state index contributed by atoms with van der Waals surface area (Å²) >= 11 is -0.371. The maximum absolute atomic E-state index is 5.20. The molecule has 0 amide bonds. The minimum atomic E-state index is -0.256. The second kappa shape index (κ2) is 8.23. The van der Waals surface area contributed by atoms with Crippen molar-refractivity contribution in [2.45, 2.75) is 0 Å². The van der Waals surface area contributed by atoms with Crippen LogP contribution in [0.2, 0.25) is 0 Å². The van der Waals surface area contributed by atoms with Gasteiger partial charge < -0.3 is 9.97 Å². The highest BCUT2D eigenvalue weighted by molar-refractivity contribution is 14.2. The topological polar surface area (TPSA) is 56.3 Å². The number of nitrogens with zero attached hydrogens (tertiary/aromatic N) is 2. The summed E-state index contributed by atoms with van der Waals surface area (Å²) in [5, 5.41) is 2.21. The van der Waals surface area contributed by atoms with Crippen LogP contribution in [0.5, 0.6) is 0 Å². The molecule has 6 heteroatoms. The molecule has 6 rings (SSSR count). The Kier molecular flexibility index (Phi) is 5.11. The van der Waals surface area contributed by atoms with Crippen molar-refractivity contribution in [1.29, 1.82) is 0 Å². The number of aromatic nitrogens is 2. The Labute approximate surface area is 198 Å². The van der Waals surface area contributed by atoms with Crippen LogP contribution in [0.4, 0.5) is 0 Å². The maximum atomic E-state index is 5.20. The number of allylic oxidation sites excluding steroid dienone is 1. The number of hydrogen-bond acceptors (Lipinski definition) is 2. The van der Waals surface area contributed by atoms with Gasteiger partial charge in [0, 0.05) is 45.6 Å². The molecule has 0 radical (unpaired) electrons. The monoisotopic (exact) mass is 628 g/mol. The summed E-state index contributed by atoms with van der Waals surface area (Å²) in [7, 11) is 0. The van der Waals surface area contributed by atoms with Crippen LogP contribution < -0.4 is 10.7 Å². The number of fused-ring (bicyclic) bond motifs is 2. The molecule has 0 saturated carbocycles. The summed E-state index contributed by atoms with van der Waals surface area (Å²) in [4.78, 5) is 17.0. The Morgan fingerprint density at radius 3 is 2.00 bits per heavy atom. The molecule has 2 aliphatic heterocycles. The zero-order chi connectivity index (χ0) is 20.6. The molecule has 0 saturated heterocycles. The fourth-order valence-corrected chi connectivity index (χ4v) is 8.33. The Morgan fingerprint density at radius 1 is 0.677 bits per heavy atom. The maximum Gasteiger partial charge on any atom is 0.0948 e. The lowest BCUT2D eigenvalue weighted by Crippen LogP contribution is -2.12. The van der Waals surface area contributed by atoms with Crippen molar-refractivity contribution in [3.8, 4) is 22.5 Å². The first-order valence-corrected chi connectivity index (χ1v) is 14.9. The Hall–Kier alpha value is -2.46. The SMILES string of the molecule is C1=C(C2=CCI=c3cccc(-c4ccc[nH]4)c3=N2)N=c2c(-c3ccc[nH]3)cccc2=I1. The van der Waals surface area contributed by atoms with Gasteiger partial charge in [-0.3, -0.25) is 0 Å². The first-order chi connectivity index (χ1) is 15.4. The molecular formula is C25H18I2N4. The van der Waals surface area contributed by atoms with E-state index in [-0.39, 0.29) is 41.5 Å². The third-order valence-electron chi connectivity index (χ3n) is 5.24. The summed E-state index contributed by atoms with van der Waals surface area (Å²) in [6.45, 7) is 0. The van der Waals surface area contributed by atoms with Crippen LogP contribution >= 0.6 is 41.5 Å². The number of aromatic amines is 2. The van der Waals surface area contributed by atoms with Crippen molar-refractivity contribution in [3.05, 3.63) is 112 Å². The molecule has 0 fully saturated rings. The van der Waals surface area contributed by atoms with E-state index >= 15 is 0 Å². The minimum Gasteiger partial charge on any atom is -0.361 e. The molecule has 4 aromatic rings. The van der Waals surface area contributed by atoms with Crippen molar-refractivity contribution in [2.75, 3.05) is 4.43 Å². The summed E-state index contributed by atoms with van der Waals surface area (Å²) in [5.41, 5.74) is 6.62. The lowest BCUT2D eigenvalue weighted by Gasteiger charge is -2.08. The van der Waals surface area contributed by atoms with Crippen LogP contribution in [0.1, 0.15) is 0 Å². The lowest BCUT2D eigenvalue weighted by atomic mass is 10.1. The third-order valence-corrected chi connectivity index (χ3v) is 10.3. The largest absolute Gasteiger partial charge is 0.361 e. The molecule has 4 nitrogen and oxygen atoms in total. The quantitative estimate of drug-likeness (QED) is 0.213. The van der Waals surface area contributed by atoms with E-state index < -0.39 is 0 Å². The number of H-pyrrole nitrogens is 2. The molecule has 4 heterocycles. The van der Waals surface area contributed by atoms with Crippen molar-refractivity contribution in [3.63, 3.8) is 0 Å². The van der Waals surface area contributed by atoms with Gasteiger partial charge in [0.05, 0.1) is 22.1 Å². The number of rotatable bonds is 3. The number of hydrogen-bond donors (Lipinski definition) is 2. The Morgan fingerprint density at radius 2 is 1.32 bits per heavy atom. The fourth-order valence-electron chi connectivity index (χ4n) is 3.78. The normalized spacial score (nSPS) is 15.0. The van der Waals surface area contributed by atoms with Crippen molar-refractivity contribution >= 4 is 41.5 Å². The van der Waals surface area contributed by atoms with Crippen LogP contribution in [0.3, 0.4) is 0 Å². The van der Waals surface area contributed by atoms with Gasteiger partial charge in [-0.15, -0.1) is 20.7 Å². The first-order valence-electron chi connectivity index (χ1n) is 9.97. The van der Waals surface area contributed by atoms with Gasteiger partial charge in [-0.05, 0) is 46.6 Å². The van der Waals surface area contributed by atoms with Crippen molar-refractivity contribution in [2.24, 2.45) is 9.98 Å². The Bertz CT molecular complexity index is 1590. The van der Waals surface area contributed by atoms with Gasteiger partial charge in [-0.1, -0.05) is 45.0 Å². The van der Waals surface area contributed by atoms with E-state index in [2.05, 4.69) is 68.7 Å². The standard InChI is InChI=1S/C25H18I2N4/c1-5-16(20-9-3-13-28-20)24-18(7-1)26-12-11-22(30-24)23-15-27-19-8-2-6-17(25(19)31-23)21-10-4-14-29-21/h1-11,13-15,28-29H,12H2. The number of benzene rings is 2. The third kappa shape index (κ3) is 3.61. The average molecular weight is 628 g/mol. The molecule has 2 aliphatic rings. The van der Waals surface area contributed by atoms with Crippen molar-refractivity contribution in [1.82, 2.24) is 9.97 Å². The number of nitrogens with one attached hydrogen (secondary N) is 2. The van der Waals surface area contributed by atoms with E-state index in [1.54, 1.807) is 0 Å². The van der Waals surface area contributed by atoms with Gasteiger partial charge in [-0.25, -0.2) is 9.98 Å². The van der Waals surface area contributed by atoms with Crippen LogP contribution in [0.15, 0.2) is 105 Å². The van der Waals surface area contributed by atoms with Gasteiger partial charge in [0.25, 0.3) is 0 Å². The second-order valence-corrected chi connectivity index (χ2v) is 12.4. The highest BCUT2D eigenvalue weighted by Crippen LogP contribution is 2.26. The summed E-state index contributed by atoms with van der Waals surface area (Å²) < 4.78 is 6.17. The van der Waals surface area contributed by atoms with Gasteiger partial charge in [-0.2, -0.15) is 0 Å². The van der Waals surface area contributed by atoms with Gasteiger partial charge in [0.2, 0.25) is 0 Å². The van der Waals surface area contributed by atoms with Gasteiger partial charge in [0.15, 0.2) is 0 Å². The highest BCUT2D eigenvalue weighted by Gasteiger charge is 2.12. The molecule has 2 N–H and O–H groups in total. The van der Waals surface area contributed by atoms with Gasteiger partial charge in [0.1, 0.15) is 0 Å². The molecule has 31 heavy (non-hydrogen) atoms. The van der Waals surface area contributed by atoms with E-state index in [0.29, 0.717) is 0 Å². The summed E-state index contributed by atoms with van der Waals surface area (Å²) in [5.74, 6) is 0. The molecule has 152 valence electrons.